The van der Waals surface area contributed by atoms with Crippen LogP contribution in [0.1, 0.15) is 26.2 Å². The summed E-state index contributed by atoms with van der Waals surface area (Å²) in [5, 5.41) is 2.78. The predicted octanol–water partition coefficient (Wildman–Crippen LogP) is -0.290. The maximum absolute atomic E-state index is 12.4. The van der Waals surface area contributed by atoms with E-state index in [1.807, 2.05) is 0 Å². The molecule has 0 aromatic heterocycles. The third-order valence-corrected chi connectivity index (χ3v) is 3.87. The Labute approximate surface area is 102 Å². The van der Waals surface area contributed by atoms with Crippen molar-refractivity contribution >= 4 is 11.8 Å². The van der Waals surface area contributed by atoms with Gasteiger partial charge in [-0.15, -0.1) is 0 Å². The van der Waals surface area contributed by atoms with Gasteiger partial charge in [0, 0.05) is 19.6 Å². The molecule has 0 spiro atoms. The first-order valence-electron chi connectivity index (χ1n) is 6.33. The van der Waals surface area contributed by atoms with Crippen LogP contribution < -0.4 is 11.1 Å². The van der Waals surface area contributed by atoms with E-state index in [1.165, 1.54) is 0 Å². The van der Waals surface area contributed by atoms with Crippen LogP contribution in [0.5, 0.6) is 0 Å². The van der Waals surface area contributed by atoms with Crippen LogP contribution in [0, 0.1) is 11.3 Å². The number of nitrogens with one attached hydrogen (secondary N) is 1. The molecule has 5 nitrogen and oxygen atoms in total. The van der Waals surface area contributed by atoms with E-state index in [0.29, 0.717) is 25.6 Å². The molecule has 0 bridgehead atoms. The number of hydrogen-bond acceptors (Lipinski definition) is 3. The van der Waals surface area contributed by atoms with Crippen molar-refractivity contribution in [2.75, 3.05) is 26.2 Å². The molecule has 96 valence electrons. The van der Waals surface area contributed by atoms with Gasteiger partial charge in [-0.3, -0.25) is 9.59 Å². The number of nitrogens with two attached hydrogens (primary N) is 1. The number of hydrogen-bond donors (Lipinski definition) is 2. The highest BCUT2D eigenvalue weighted by Crippen LogP contribution is 2.45. The molecule has 1 saturated heterocycles. The quantitative estimate of drug-likeness (QED) is 0.695. The second-order valence-electron chi connectivity index (χ2n) is 5.43. The largest absolute Gasteiger partial charge is 0.354 e. The van der Waals surface area contributed by atoms with Gasteiger partial charge in [-0.25, -0.2) is 0 Å². The van der Waals surface area contributed by atoms with E-state index in [2.05, 4.69) is 12.2 Å². The summed E-state index contributed by atoms with van der Waals surface area (Å²) in [6, 6.07) is 0. The fourth-order valence-electron chi connectivity index (χ4n) is 3.02. The van der Waals surface area contributed by atoms with Crippen molar-refractivity contribution in [2.45, 2.75) is 26.2 Å². The first kappa shape index (κ1) is 12.4. The molecule has 1 saturated carbocycles. The standard InChI is InChI=1S/C12H21N3O2/c1-9-5-12(6-9,8-13)11(17)15-4-2-3-14-10(16)7-15/h9H,2-8,13H2,1H3,(H,14,16). The van der Waals surface area contributed by atoms with Crippen LogP contribution >= 0.6 is 0 Å². The zero-order chi connectivity index (χ0) is 12.5. The lowest BCUT2D eigenvalue weighted by molar-refractivity contribution is -0.151. The minimum absolute atomic E-state index is 0.0598. The Kier molecular flexibility index (Phi) is 3.38. The molecule has 0 aromatic rings. The van der Waals surface area contributed by atoms with E-state index in [1.54, 1.807) is 4.90 Å². The number of carbonyl (C=O) groups is 2. The first-order chi connectivity index (χ1) is 8.07. The van der Waals surface area contributed by atoms with Crippen LogP contribution in [0.2, 0.25) is 0 Å². The number of carbonyl (C=O) groups excluding carboxylic acids is 2. The second kappa shape index (κ2) is 4.64. The zero-order valence-electron chi connectivity index (χ0n) is 10.4. The van der Waals surface area contributed by atoms with E-state index in [4.69, 9.17) is 5.73 Å². The van der Waals surface area contributed by atoms with Crippen molar-refractivity contribution in [3.8, 4) is 0 Å². The fraction of sp³-hybridized carbons (Fsp3) is 0.833. The Morgan fingerprint density at radius 3 is 2.88 bits per heavy atom. The third kappa shape index (κ3) is 2.29. The first-order valence-corrected chi connectivity index (χ1v) is 6.33. The molecule has 1 aliphatic heterocycles. The molecular formula is C12H21N3O2. The van der Waals surface area contributed by atoms with Crippen molar-refractivity contribution < 1.29 is 9.59 Å². The molecule has 2 amide bonds. The molecular weight excluding hydrogens is 218 g/mol. The van der Waals surface area contributed by atoms with Crippen LogP contribution in [-0.2, 0) is 9.59 Å². The van der Waals surface area contributed by atoms with Crippen LogP contribution in [0.15, 0.2) is 0 Å². The molecule has 1 heterocycles. The van der Waals surface area contributed by atoms with Crippen molar-refractivity contribution in [2.24, 2.45) is 17.1 Å². The van der Waals surface area contributed by atoms with Gasteiger partial charge in [0.15, 0.2) is 0 Å². The van der Waals surface area contributed by atoms with E-state index in [0.717, 1.165) is 19.3 Å². The Hall–Kier alpha value is -1.10. The molecule has 3 N–H and O–H groups in total. The molecule has 1 aliphatic carbocycles. The average Bonchev–Trinajstić information content (AvgIpc) is 2.48. The molecule has 5 heteroatoms. The van der Waals surface area contributed by atoms with E-state index in [9.17, 15) is 9.59 Å². The lowest BCUT2D eigenvalue weighted by Crippen LogP contribution is -2.55. The maximum atomic E-state index is 12.4. The fourth-order valence-corrected chi connectivity index (χ4v) is 3.02. The van der Waals surface area contributed by atoms with Crippen LogP contribution in [0.4, 0.5) is 0 Å². The van der Waals surface area contributed by atoms with Gasteiger partial charge < -0.3 is 16.0 Å². The zero-order valence-corrected chi connectivity index (χ0v) is 10.4. The van der Waals surface area contributed by atoms with Gasteiger partial charge in [-0.05, 0) is 25.2 Å². The Balaban J connectivity index is 2.05. The van der Waals surface area contributed by atoms with Gasteiger partial charge in [-0.1, -0.05) is 6.92 Å². The molecule has 0 atom stereocenters. The summed E-state index contributed by atoms with van der Waals surface area (Å²) in [6.45, 7) is 4.04. The van der Waals surface area contributed by atoms with Crippen molar-refractivity contribution in [1.29, 1.82) is 0 Å². The molecule has 2 aliphatic rings. The average molecular weight is 239 g/mol. The van der Waals surface area contributed by atoms with E-state index < -0.39 is 0 Å². The minimum Gasteiger partial charge on any atom is -0.354 e. The van der Waals surface area contributed by atoms with Crippen molar-refractivity contribution in [1.82, 2.24) is 10.2 Å². The Bertz CT molecular complexity index is 324. The van der Waals surface area contributed by atoms with Crippen LogP contribution in [-0.4, -0.2) is 42.9 Å². The summed E-state index contributed by atoms with van der Waals surface area (Å²) in [5.74, 6) is 0.592. The Morgan fingerprint density at radius 1 is 1.59 bits per heavy atom. The third-order valence-electron chi connectivity index (χ3n) is 3.87. The highest BCUT2D eigenvalue weighted by atomic mass is 16.2. The topological polar surface area (TPSA) is 75.4 Å². The lowest BCUT2D eigenvalue weighted by Gasteiger charge is -2.46. The van der Waals surface area contributed by atoms with Gasteiger partial charge in [0.2, 0.25) is 11.8 Å². The number of nitrogens with zero attached hydrogens (tertiary/aromatic N) is 1. The molecule has 0 unspecified atom stereocenters. The van der Waals surface area contributed by atoms with E-state index >= 15 is 0 Å². The SMILES string of the molecule is CC1CC(CN)(C(=O)N2CCCNC(=O)C2)C1. The van der Waals surface area contributed by atoms with Crippen molar-refractivity contribution in [3.63, 3.8) is 0 Å². The van der Waals surface area contributed by atoms with Gasteiger partial charge >= 0.3 is 0 Å². The predicted molar refractivity (Wildman–Crippen MR) is 64.1 cm³/mol. The van der Waals surface area contributed by atoms with Gasteiger partial charge in [0.05, 0.1) is 12.0 Å². The van der Waals surface area contributed by atoms with Gasteiger partial charge in [-0.2, -0.15) is 0 Å². The van der Waals surface area contributed by atoms with Crippen molar-refractivity contribution in [3.05, 3.63) is 0 Å². The minimum atomic E-state index is -0.385. The van der Waals surface area contributed by atoms with Crippen LogP contribution in [0.25, 0.3) is 0 Å². The summed E-state index contributed by atoms with van der Waals surface area (Å²) < 4.78 is 0. The molecule has 0 radical (unpaired) electrons. The van der Waals surface area contributed by atoms with Crippen LogP contribution in [0.3, 0.4) is 0 Å². The second-order valence-corrected chi connectivity index (χ2v) is 5.43. The summed E-state index contributed by atoms with van der Waals surface area (Å²) in [5.41, 5.74) is 5.38. The molecule has 2 fully saturated rings. The molecule has 2 rings (SSSR count). The summed E-state index contributed by atoms with van der Waals surface area (Å²) in [4.78, 5) is 25.6. The maximum Gasteiger partial charge on any atom is 0.239 e. The smallest absolute Gasteiger partial charge is 0.239 e. The molecule has 0 aromatic carbocycles. The number of amides is 2. The molecule has 17 heavy (non-hydrogen) atoms. The summed E-state index contributed by atoms with van der Waals surface area (Å²) in [6.07, 6.45) is 2.55. The lowest BCUT2D eigenvalue weighted by atomic mass is 9.62. The number of rotatable bonds is 2. The highest BCUT2D eigenvalue weighted by Gasteiger charge is 2.49. The van der Waals surface area contributed by atoms with Gasteiger partial charge in [0.25, 0.3) is 0 Å². The Morgan fingerprint density at radius 2 is 2.29 bits per heavy atom. The van der Waals surface area contributed by atoms with E-state index in [-0.39, 0.29) is 23.8 Å². The highest BCUT2D eigenvalue weighted by molar-refractivity contribution is 5.89. The summed E-state index contributed by atoms with van der Waals surface area (Å²) in [7, 11) is 0. The monoisotopic (exact) mass is 239 g/mol. The summed E-state index contributed by atoms with van der Waals surface area (Å²) >= 11 is 0. The van der Waals surface area contributed by atoms with Gasteiger partial charge in [0.1, 0.15) is 0 Å². The normalized spacial score (nSPS) is 33.6.